The van der Waals surface area contributed by atoms with Gasteiger partial charge in [-0.1, -0.05) is 6.07 Å². The highest BCUT2D eigenvalue weighted by atomic mass is 79.9. The first kappa shape index (κ1) is 15.1. The summed E-state index contributed by atoms with van der Waals surface area (Å²) in [5.74, 6) is 0.924. The zero-order valence-corrected chi connectivity index (χ0v) is 12.2. The fourth-order valence-corrected chi connectivity index (χ4v) is 2.10. The smallest absolute Gasteiger partial charge is 0.150 e. The van der Waals surface area contributed by atoms with Crippen LogP contribution in [-0.2, 0) is 16.0 Å². The third-order valence-electron chi connectivity index (χ3n) is 2.42. The molecule has 0 spiro atoms. The molecule has 4 nitrogen and oxygen atoms in total. The first-order valence-corrected chi connectivity index (χ1v) is 6.50. The highest BCUT2D eigenvalue weighted by molar-refractivity contribution is 9.10. The number of Topliss-reactive ketones (excluding diaryl/α,β-unsaturated/α-hetero) is 1. The number of benzene rings is 1. The van der Waals surface area contributed by atoms with Gasteiger partial charge in [-0.25, -0.2) is 0 Å². The Bertz CT molecular complexity index is 396. The van der Waals surface area contributed by atoms with E-state index in [-0.39, 0.29) is 5.78 Å². The van der Waals surface area contributed by atoms with E-state index in [1.54, 1.807) is 14.2 Å². The molecule has 0 radical (unpaired) electrons. The number of hydrogen-bond donors (Lipinski definition) is 1. The molecule has 0 bridgehead atoms. The molecule has 1 rings (SSSR count). The number of hydrogen-bond acceptors (Lipinski definition) is 4. The zero-order valence-electron chi connectivity index (χ0n) is 10.7. The molecule has 0 amide bonds. The molecular weight excluding hydrogens is 298 g/mol. The van der Waals surface area contributed by atoms with Crippen LogP contribution in [0.4, 0.5) is 0 Å². The second-order valence-corrected chi connectivity index (χ2v) is 4.71. The highest BCUT2D eigenvalue weighted by Crippen LogP contribution is 2.25. The third kappa shape index (κ3) is 5.16. The van der Waals surface area contributed by atoms with Crippen LogP contribution in [0.3, 0.4) is 0 Å². The van der Waals surface area contributed by atoms with Gasteiger partial charge in [0.25, 0.3) is 0 Å². The van der Waals surface area contributed by atoms with Crippen molar-refractivity contribution in [2.75, 3.05) is 33.9 Å². The van der Waals surface area contributed by atoms with E-state index in [1.165, 1.54) is 0 Å². The summed E-state index contributed by atoms with van der Waals surface area (Å²) in [4.78, 5) is 11.7. The molecule has 0 fully saturated rings. The topological polar surface area (TPSA) is 47.6 Å². The normalized spacial score (nSPS) is 10.4. The van der Waals surface area contributed by atoms with Crippen molar-refractivity contribution in [2.24, 2.45) is 0 Å². The summed E-state index contributed by atoms with van der Waals surface area (Å²) in [7, 11) is 3.25. The van der Waals surface area contributed by atoms with Crippen LogP contribution in [-0.4, -0.2) is 39.7 Å². The van der Waals surface area contributed by atoms with Crippen molar-refractivity contribution in [2.45, 2.75) is 6.42 Å². The van der Waals surface area contributed by atoms with Crippen LogP contribution in [0.25, 0.3) is 0 Å². The van der Waals surface area contributed by atoms with E-state index in [9.17, 15) is 4.79 Å². The number of halogens is 1. The molecular formula is C13H18BrNO3. The molecule has 5 heteroatoms. The standard InChI is InChI=1S/C13H18BrNO3/c1-17-6-5-15-9-11(16)7-10-3-4-13(18-2)12(14)8-10/h3-4,8,15H,5-7,9H2,1-2H3. The largest absolute Gasteiger partial charge is 0.496 e. The van der Waals surface area contributed by atoms with E-state index < -0.39 is 0 Å². The minimum absolute atomic E-state index is 0.156. The molecule has 0 aliphatic carbocycles. The van der Waals surface area contributed by atoms with E-state index in [2.05, 4.69) is 21.2 Å². The first-order valence-electron chi connectivity index (χ1n) is 5.71. The van der Waals surface area contributed by atoms with Crippen molar-refractivity contribution in [3.05, 3.63) is 28.2 Å². The van der Waals surface area contributed by atoms with E-state index in [0.717, 1.165) is 15.8 Å². The lowest BCUT2D eigenvalue weighted by Gasteiger charge is -2.06. The van der Waals surface area contributed by atoms with Crippen molar-refractivity contribution in [3.63, 3.8) is 0 Å². The summed E-state index contributed by atoms with van der Waals surface area (Å²) in [6.07, 6.45) is 0.419. The van der Waals surface area contributed by atoms with E-state index in [4.69, 9.17) is 9.47 Å². The maximum absolute atomic E-state index is 11.7. The van der Waals surface area contributed by atoms with Gasteiger partial charge in [-0.05, 0) is 33.6 Å². The van der Waals surface area contributed by atoms with Crippen LogP contribution in [0.1, 0.15) is 5.56 Å². The van der Waals surface area contributed by atoms with E-state index >= 15 is 0 Å². The van der Waals surface area contributed by atoms with E-state index in [0.29, 0.717) is 26.1 Å². The van der Waals surface area contributed by atoms with Crippen molar-refractivity contribution < 1.29 is 14.3 Å². The Labute approximate surface area is 116 Å². The van der Waals surface area contributed by atoms with Crippen molar-refractivity contribution in [1.82, 2.24) is 5.32 Å². The van der Waals surface area contributed by atoms with Gasteiger partial charge in [-0.2, -0.15) is 0 Å². The Kier molecular flexibility index (Phi) is 6.93. The number of ether oxygens (including phenoxy) is 2. The lowest BCUT2D eigenvalue weighted by Crippen LogP contribution is -2.27. The molecule has 1 N–H and O–H groups in total. The molecule has 0 saturated carbocycles. The molecule has 100 valence electrons. The Morgan fingerprint density at radius 3 is 2.78 bits per heavy atom. The van der Waals surface area contributed by atoms with Gasteiger partial charge in [0.2, 0.25) is 0 Å². The van der Waals surface area contributed by atoms with Crippen LogP contribution in [0.2, 0.25) is 0 Å². The van der Waals surface area contributed by atoms with Gasteiger partial charge in [-0.3, -0.25) is 4.79 Å². The summed E-state index contributed by atoms with van der Waals surface area (Å²) >= 11 is 3.40. The molecule has 0 aromatic heterocycles. The van der Waals surface area contributed by atoms with Gasteiger partial charge in [0.05, 0.1) is 24.7 Å². The summed E-state index contributed by atoms with van der Waals surface area (Å²) in [6.45, 7) is 1.67. The van der Waals surface area contributed by atoms with Gasteiger partial charge < -0.3 is 14.8 Å². The fourth-order valence-electron chi connectivity index (χ4n) is 1.51. The fraction of sp³-hybridized carbons (Fsp3) is 0.462. The first-order chi connectivity index (χ1) is 8.67. The predicted molar refractivity (Wildman–Crippen MR) is 74.2 cm³/mol. The Morgan fingerprint density at radius 2 is 2.17 bits per heavy atom. The number of methoxy groups -OCH3 is 2. The van der Waals surface area contributed by atoms with Gasteiger partial charge in [-0.15, -0.1) is 0 Å². The van der Waals surface area contributed by atoms with Gasteiger partial charge >= 0.3 is 0 Å². The van der Waals surface area contributed by atoms with Crippen LogP contribution < -0.4 is 10.1 Å². The molecule has 18 heavy (non-hydrogen) atoms. The van der Waals surface area contributed by atoms with Gasteiger partial charge in [0, 0.05) is 20.1 Å². The summed E-state index contributed by atoms with van der Waals surface area (Å²) in [5.41, 5.74) is 0.973. The molecule has 0 aliphatic rings. The van der Waals surface area contributed by atoms with Crippen LogP contribution in [0.5, 0.6) is 5.75 Å². The van der Waals surface area contributed by atoms with Gasteiger partial charge in [0.1, 0.15) is 5.75 Å². The Morgan fingerprint density at radius 1 is 1.39 bits per heavy atom. The Hall–Kier alpha value is -0.910. The number of carbonyl (C=O) groups excluding carboxylic acids is 1. The predicted octanol–water partition coefficient (Wildman–Crippen LogP) is 1.81. The molecule has 0 unspecified atom stereocenters. The van der Waals surface area contributed by atoms with Gasteiger partial charge in [0.15, 0.2) is 5.78 Å². The maximum atomic E-state index is 11.7. The molecule has 1 aromatic carbocycles. The lowest BCUT2D eigenvalue weighted by molar-refractivity contribution is -0.117. The summed E-state index contributed by atoms with van der Waals surface area (Å²) < 4.78 is 10.9. The molecule has 0 saturated heterocycles. The van der Waals surface area contributed by atoms with Crippen molar-refractivity contribution in [3.8, 4) is 5.75 Å². The number of ketones is 1. The summed E-state index contributed by atoms with van der Waals surface area (Å²) in [6, 6.07) is 5.66. The second-order valence-electron chi connectivity index (χ2n) is 3.85. The molecule has 1 aromatic rings. The number of carbonyl (C=O) groups is 1. The quantitative estimate of drug-likeness (QED) is 0.743. The van der Waals surface area contributed by atoms with Crippen molar-refractivity contribution in [1.29, 1.82) is 0 Å². The van der Waals surface area contributed by atoms with Crippen molar-refractivity contribution >= 4 is 21.7 Å². The van der Waals surface area contributed by atoms with Crippen LogP contribution in [0.15, 0.2) is 22.7 Å². The second kappa shape index (κ2) is 8.24. The monoisotopic (exact) mass is 315 g/mol. The number of nitrogens with one attached hydrogen (secondary N) is 1. The molecule has 0 heterocycles. The minimum Gasteiger partial charge on any atom is -0.496 e. The van der Waals surface area contributed by atoms with Crippen LogP contribution in [0, 0.1) is 0 Å². The Balaban J connectivity index is 2.42. The molecule has 0 aliphatic heterocycles. The average Bonchev–Trinajstić information content (AvgIpc) is 2.35. The maximum Gasteiger partial charge on any atom is 0.150 e. The van der Waals surface area contributed by atoms with E-state index in [1.807, 2.05) is 18.2 Å². The SMILES string of the molecule is COCCNCC(=O)Cc1ccc(OC)c(Br)c1. The zero-order chi connectivity index (χ0) is 13.4. The summed E-state index contributed by atoms with van der Waals surface area (Å²) in [5, 5.41) is 3.03. The average molecular weight is 316 g/mol. The third-order valence-corrected chi connectivity index (χ3v) is 3.04. The highest BCUT2D eigenvalue weighted by Gasteiger charge is 2.06. The minimum atomic E-state index is 0.156. The number of rotatable bonds is 8. The molecule has 0 atom stereocenters. The lowest BCUT2D eigenvalue weighted by atomic mass is 10.1. The van der Waals surface area contributed by atoms with Crippen LogP contribution >= 0.6 is 15.9 Å².